The maximum atomic E-state index is 12.8. The molecule has 1 N–H and O–H groups in total. The molecule has 0 fully saturated rings. The summed E-state index contributed by atoms with van der Waals surface area (Å²) in [7, 11) is 0. The van der Waals surface area contributed by atoms with Crippen molar-refractivity contribution in [2.24, 2.45) is 0 Å². The molecule has 5 nitrogen and oxygen atoms in total. The lowest BCUT2D eigenvalue weighted by molar-refractivity contribution is 0.148. The van der Waals surface area contributed by atoms with E-state index in [1.54, 1.807) is 6.07 Å². The van der Waals surface area contributed by atoms with E-state index in [4.69, 9.17) is 14.7 Å². The largest absolute Gasteiger partial charge is 0.481 e. The van der Waals surface area contributed by atoms with Crippen molar-refractivity contribution >= 4 is 5.57 Å². The molecule has 3 aliphatic rings. The number of aliphatic hydroxyl groups excluding tert-OH is 1. The Bertz CT molecular complexity index is 812. The molecule has 26 heavy (non-hydrogen) atoms. The highest BCUT2D eigenvalue weighted by Gasteiger charge is 2.38. The number of hydrogen-bond acceptors (Lipinski definition) is 5. The van der Waals surface area contributed by atoms with Crippen molar-refractivity contribution in [2.75, 3.05) is 20.0 Å². The van der Waals surface area contributed by atoms with Gasteiger partial charge in [0.25, 0.3) is 0 Å². The van der Waals surface area contributed by atoms with Crippen LogP contribution in [0.15, 0.2) is 29.9 Å². The summed E-state index contributed by atoms with van der Waals surface area (Å²) < 4.78 is 24.1. The molecule has 0 saturated carbocycles. The molecule has 4 rings (SSSR count). The third-order valence-electron chi connectivity index (χ3n) is 5.22. The predicted octanol–water partition coefficient (Wildman–Crippen LogP) is 2.95. The molecule has 2 heterocycles. The summed E-state index contributed by atoms with van der Waals surface area (Å²) >= 11 is 0. The molecule has 0 amide bonds. The molecule has 2 atom stereocenters. The summed E-state index contributed by atoms with van der Waals surface area (Å²) in [5.74, 6) is 0.969. The molecule has 0 radical (unpaired) electrons. The Morgan fingerprint density at radius 2 is 2.31 bits per heavy atom. The van der Waals surface area contributed by atoms with Gasteiger partial charge in [-0.25, -0.2) is 4.39 Å². The van der Waals surface area contributed by atoms with Gasteiger partial charge in [0.1, 0.15) is 6.10 Å². The van der Waals surface area contributed by atoms with Crippen LogP contribution in [0.2, 0.25) is 0 Å². The van der Waals surface area contributed by atoms with E-state index in [0.717, 1.165) is 35.2 Å². The van der Waals surface area contributed by atoms with Gasteiger partial charge in [-0.1, -0.05) is 18.2 Å². The van der Waals surface area contributed by atoms with Gasteiger partial charge in [-0.2, -0.15) is 5.26 Å². The fourth-order valence-electron chi connectivity index (χ4n) is 4.05. The van der Waals surface area contributed by atoms with E-state index in [1.807, 2.05) is 18.2 Å². The maximum absolute atomic E-state index is 12.8. The summed E-state index contributed by atoms with van der Waals surface area (Å²) in [5, 5.41) is 19.1. The van der Waals surface area contributed by atoms with Crippen molar-refractivity contribution in [3.05, 3.63) is 41.0 Å². The van der Waals surface area contributed by atoms with Crippen molar-refractivity contribution in [2.45, 2.75) is 38.0 Å². The van der Waals surface area contributed by atoms with E-state index < -0.39 is 13.0 Å². The number of rotatable bonds is 4. The molecule has 0 spiro atoms. The van der Waals surface area contributed by atoms with Crippen molar-refractivity contribution in [1.82, 2.24) is 4.90 Å². The van der Waals surface area contributed by atoms with Crippen molar-refractivity contribution in [3.8, 4) is 17.6 Å². The number of alkyl halides is 1. The highest BCUT2D eigenvalue weighted by Crippen LogP contribution is 2.50. The van der Waals surface area contributed by atoms with Crippen LogP contribution in [0, 0.1) is 11.3 Å². The van der Waals surface area contributed by atoms with E-state index in [1.165, 1.54) is 0 Å². The average molecular weight is 356 g/mol. The van der Waals surface area contributed by atoms with Crippen molar-refractivity contribution < 1.29 is 19.0 Å². The number of allylic oxidation sites excluding steroid dienone is 1. The fraction of sp³-hybridized carbons (Fsp3) is 0.450. The second kappa shape index (κ2) is 7.10. The monoisotopic (exact) mass is 356 g/mol. The minimum absolute atomic E-state index is 0.251. The molecule has 1 aromatic rings. The predicted molar refractivity (Wildman–Crippen MR) is 94.3 cm³/mol. The Hall–Kier alpha value is -2.36. The molecule has 0 bridgehead atoms. The van der Waals surface area contributed by atoms with Crippen molar-refractivity contribution in [3.63, 3.8) is 0 Å². The van der Waals surface area contributed by atoms with Gasteiger partial charge in [0.15, 0.2) is 11.5 Å². The Balaban J connectivity index is 1.83. The van der Waals surface area contributed by atoms with E-state index in [9.17, 15) is 9.50 Å². The highest BCUT2D eigenvalue weighted by molar-refractivity contribution is 5.85. The molecule has 2 aliphatic heterocycles. The first-order valence-electron chi connectivity index (χ1n) is 8.91. The molecule has 0 aromatic heterocycles. The third-order valence-corrected chi connectivity index (χ3v) is 5.22. The second-order valence-electron chi connectivity index (χ2n) is 6.82. The summed E-state index contributed by atoms with van der Waals surface area (Å²) in [6.45, 7) is 1.33. The van der Waals surface area contributed by atoms with Gasteiger partial charge in [-0.05, 0) is 23.6 Å². The number of ether oxygens (including phenoxy) is 2. The lowest BCUT2D eigenvalue weighted by Crippen LogP contribution is -2.28. The number of halogens is 1. The third kappa shape index (κ3) is 2.98. The van der Waals surface area contributed by atoms with E-state index >= 15 is 0 Å². The van der Waals surface area contributed by atoms with Gasteiger partial charge in [0.2, 0.25) is 6.86 Å². The first-order chi connectivity index (χ1) is 12.7. The summed E-state index contributed by atoms with van der Waals surface area (Å²) in [4.78, 5) is 2.25. The minimum Gasteiger partial charge on any atom is -0.481 e. The zero-order chi connectivity index (χ0) is 18.1. The smallest absolute Gasteiger partial charge is 0.228 e. The van der Waals surface area contributed by atoms with E-state index in [-0.39, 0.29) is 6.10 Å². The van der Waals surface area contributed by atoms with Crippen LogP contribution in [0.25, 0.3) is 5.57 Å². The van der Waals surface area contributed by atoms with Crippen LogP contribution in [0.3, 0.4) is 0 Å². The normalized spacial score (nSPS) is 24.2. The fourth-order valence-corrected chi connectivity index (χ4v) is 4.05. The Morgan fingerprint density at radius 3 is 3.12 bits per heavy atom. The van der Waals surface area contributed by atoms with E-state index in [2.05, 4.69) is 11.0 Å². The highest BCUT2D eigenvalue weighted by atomic mass is 19.1. The standard InChI is InChI=1S/C20H21FN2O3/c21-12-25-16-5-3-14-11-23(8-1-7-22)9-6-13-2-4-15(24)10-17-18(13)19(14)20(16)26-17/h2-5,15,17,24H,1,6,8-12H2/t15-,17?/m0/s1. The van der Waals surface area contributed by atoms with Crippen LogP contribution in [0.4, 0.5) is 4.39 Å². The zero-order valence-electron chi connectivity index (χ0n) is 14.4. The number of hydrogen-bond donors (Lipinski definition) is 1. The number of nitriles is 1. The topological polar surface area (TPSA) is 65.7 Å². The second-order valence-corrected chi connectivity index (χ2v) is 6.82. The summed E-state index contributed by atoms with van der Waals surface area (Å²) in [5.41, 5.74) is 4.28. The number of benzene rings is 1. The maximum Gasteiger partial charge on any atom is 0.228 e. The van der Waals surface area contributed by atoms with Crippen molar-refractivity contribution in [1.29, 1.82) is 5.26 Å². The van der Waals surface area contributed by atoms with Gasteiger partial charge in [-0.3, -0.25) is 4.90 Å². The number of aliphatic hydroxyl groups is 1. The Labute approximate surface area is 151 Å². The molecule has 1 aliphatic carbocycles. The average Bonchev–Trinajstić information content (AvgIpc) is 2.91. The zero-order valence-corrected chi connectivity index (χ0v) is 14.4. The van der Waals surface area contributed by atoms with Crippen LogP contribution in [-0.4, -0.2) is 42.2 Å². The Morgan fingerprint density at radius 1 is 1.42 bits per heavy atom. The van der Waals surface area contributed by atoms with Crippen LogP contribution >= 0.6 is 0 Å². The van der Waals surface area contributed by atoms with Gasteiger partial charge < -0.3 is 14.6 Å². The van der Waals surface area contributed by atoms with Crippen LogP contribution in [0.1, 0.15) is 30.4 Å². The van der Waals surface area contributed by atoms with Crippen LogP contribution in [0.5, 0.6) is 11.5 Å². The molecule has 6 heteroatoms. The lowest BCUT2D eigenvalue weighted by atomic mass is 9.89. The summed E-state index contributed by atoms with van der Waals surface area (Å²) in [6.07, 6.45) is 4.73. The van der Waals surface area contributed by atoms with Gasteiger partial charge in [0, 0.05) is 43.6 Å². The molecule has 1 aromatic carbocycles. The molecular weight excluding hydrogens is 335 g/mol. The van der Waals surface area contributed by atoms with Gasteiger partial charge >= 0.3 is 0 Å². The van der Waals surface area contributed by atoms with Gasteiger partial charge in [0.05, 0.1) is 12.2 Å². The summed E-state index contributed by atoms with van der Waals surface area (Å²) in [6, 6.07) is 5.91. The van der Waals surface area contributed by atoms with Crippen LogP contribution in [-0.2, 0) is 6.54 Å². The SMILES string of the molecule is N#CCCN1CCC2=C3c4c(ccc(OCF)c4OC3C[C@@H](O)C=C2)C1. The lowest BCUT2D eigenvalue weighted by Gasteiger charge is -2.26. The first kappa shape index (κ1) is 17.1. The van der Waals surface area contributed by atoms with Gasteiger partial charge in [-0.15, -0.1) is 0 Å². The first-order valence-corrected chi connectivity index (χ1v) is 8.91. The van der Waals surface area contributed by atoms with Crippen LogP contribution < -0.4 is 9.47 Å². The molecule has 1 unspecified atom stereocenters. The molecular formula is C20H21FN2O3. The van der Waals surface area contributed by atoms with E-state index in [0.29, 0.717) is 37.4 Å². The minimum atomic E-state index is -0.914. The Kier molecular flexibility index (Phi) is 4.66. The molecule has 0 saturated heterocycles. The molecule has 136 valence electrons. The number of nitrogens with zero attached hydrogens (tertiary/aromatic N) is 2. The quantitative estimate of drug-likeness (QED) is 0.899.